The lowest BCUT2D eigenvalue weighted by Gasteiger charge is -2.16. The first kappa shape index (κ1) is 6.31. The number of carbonyl (C=O) groups is 1. The van der Waals surface area contributed by atoms with E-state index < -0.39 is 6.10 Å². The van der Waals surface area contributed by atoms with Gasteiger partial charge in [-0.3, -0.25) is 4.79 Å². The molecule has 1 N–H and O–H groups in total. The predicted molar refractivity (Wildman–Crippen MR) is 33.5 cm³/mol. The van der Waals surface area contributed by atoms with Gasteiger partial charge in [0.1, 0.15) is 12.2 Å². The maximum atomic E-state index is 11.1. The number of rotatable bonds is 0. The van der Waals surface area contributed by atoms with E-state index in [4.69, 9.17) is 4.74 Å². The molecule has 1 heterocycles. The molecular formula is C7H10O3. The van der Waals surface area contributed by atoms with Crippen molar-refractivity contribution in [1.82, 2.24) is 0 Å². The van der Waals surface area contributed by atoms with E-state index in [1.807, 2.05) is 6.92 Å². The van der Waals surface area contributed by atoms with Crippen LogP contribution in [0.2, 0.25) is 0 Å². The van der Waals surface area contributed by atoms with E-state index in [1.165, 1.54) is 0 Å². The number of carbonyl (C=O) groups excluding carboxylic acids is 1. The Hall–Kier alpha value is -0.410. The van der Waals surface area contributed by atoms with E-state index in [0.29, 0.717) is 6.42 Å². The molecule has 1 aliphatic carbocycles. The Kier molecular flexibility index (Phi) is 1.13. The largest absolute Gasteiger partial charge is 0.390 e. The first-order valence-corrected chi connectivity index (χ1v) is 3.57. The average Bonchev–Trinajstić information content (AvgIpc) is 2.61. The zero-order valence-corrected chi connectivity index (χ0v) is 5.78. The van der Waals surface area contributed by atoms with E-state index >= 15 is 0 Å². The molecule has 4 atom stereocenters. The molecule has 1 unspecified atom stereocenters. The van der Waals surface area contributed by atoms with E-state index in [0.717, 1.165) is 0 Å². The van der Waals surface area contributed by atoms with Crippen LogP contribution in [0.4, 0.5) is 0 Å². The number of ether oxygens (including phenoxy) is 1. The molecule has 2 rings (SSSR count). The summed E-state index contributed by atoms with van der Waals surface area (Å²) in [6.07, 6.45) is -0.264. The van der Waals surface area contributed by atoms with Gasteiger partial charge in [0.15, 0.2) is 5.78 Å². The highest BCUT2D eigenvalue weighted by Gasteiger charge is 2.54. The monoisotopic (exact) mass is 142 g/mol. The number of aliphatic hydroxyl groups is 1. The number of aliphatic hydroxyl groups excluding tert-OH is 1. The predicted octanol–water partition coefficient (Wildman–Crippen LogP) is -0.276. The van der Waals surface area contributed by atoms with Crippen molar-refractivity contribution in [1.29, 1.82) is 0 Å². The van der Waals surface area contributed by atoms with Gasteiger partial charge in [-0.15, -0.1) is 0 Å². The highest BCUT2D eigenvalue weighted by molar-refractivity contribution is 5.89. The van der Waals surface area contributed by atoms with Crippen molar-refractivity contribution in [2.24, 2.45) is 5.92 Å². The van der Waals surface area contributed by atoms with Gasteiger partial charge < -0.3 is 9.84 Å². The van der Waals surface area contributed by atoms with Gasteiger partial charge in [-0.25, -0.2) is 0 Å². The van der Waals surface area contributed by atoms with Crippen LogP contribution in [-0.2, 0) is 9.53 Å². The zero-order chi connectivity index (χ0) is 7.30. The number of hydrogen-bond donors (Lipinski definition) is 1. The second kappa shape index (κ2) is 1.80. The van der Waals surface area contributed by atoms with Crippen molar-refractivity contribution >= 4 is 5.78 Å². The Morgan fingerprint density at radius 3 is 3.10 bits per heavy atom. The molecule has 1 saturated carbocycles. The minimum absolute atomic E-state index is 0.0150. The fraction of sp³-hybridized carbons (Fsp3) is 0.857. The first-order valence-electron chi connectivity index (χ1n) is 3.57. The average molecular weight is 142 g/mol. The molecule has 10 heavy (non-hydrogen) atoms. The molecule has 3 heteroatoms. The van der Waals surface area contributed by atoms with Gasteiger partial charge in [0, 0.05) is 5.92 Å². The van der Waals surface area contributed by atoms with Gasteiger partial charge >= 0.3 is 0 Å². The lowest BCUT2D eigenvalue weighted by atomic mass is 9.88. The molecule has 56 valence electrons. The van der Waals surface area contributed by atoms with Crippen LogP contribution in [0.15, 0.2) is 0 Å². The third-order valence-electron chi connectivity index (χ3n) is 2.27. The smallest absolute Gasteiger partial charge is 0.167 e. The van der Waals surface area contributed by atoms with E-state index in [-0.39, 0.29) is 23.9 Å². The summed E-state index contributed by atoms with van der Waals surface area (Å²) < 4.78 is 4.97. The fourth-order valence-electron chi connectivity index (χ4n) is 1.54. The molecule has 1 saturated heterocycles. The molecular weight excluding hydrogens is 132 g/mol. The highest BCUT2D eigenvalue weighted by Crippen LogP contribution is 2.36. The summed E-state index contributed by atoms with van der Waals surface area (Å²) in [5.41, 5.74) is 0. The van der Waals surface area contributed by atoms with Crippen molar-refractivity contribution in [2.45, 2.75) is 31.7 Å². The number of hydrogen-bond acceptors (Lipinski definition) is 3. The van der Waals surface area contributed by atoms with Crippen LogP contribution >= 0.6 is 0 Å². The summed E-state index contributed by atoms with van der Waals surface area (Å²) in [5.74, 6) is 0.147. The summed E-state index contributed by atoms with van der Waals surface area (Å²) in [7, 11) is 0. The maximum absolute atomic E-state index is 11.1. The Labute approximate surface area is 59.0 Å². The number of epoxide rings is 1. The van der Waals surface area contributed by atoms with Crippen molar-refractivity contribution in [3.05, 3.63) is 0 Å². The molecule has 1 aliphatic heterocycles. The molecule has 2 fully saturated rings. The molecule has 0 amide bonds. The second-order valence-electron chi connectivity index (χ2n) is 3.13. The Balaban J connectivity index is 2.12. The summed E-state index contributed by atoms with van der Waals surface area (Å²) in [5, 5.41) is 9.23. The van der Waals surface area contributed by atoms with E-state index in [1.54, 1.807) is 0 Å². The van der Waals surface area contributed by atoms with Crippen molar-refractivity contribution < 1.29 is 14.6 Å². The lowest BCUT2D eigenvalue weighted by Crippen LogP contribution is -2.33. The molecule has 0 spiro atoms. The van der Waals surface area contributed by atoms with Gasteiger partial charge in [-0.1, -0.05) is 6.92 Å². The quantitative estimate of drug-likeness (QED) is 0.473. The highest BCUT2D eigenvalue weighted by atomic mass is 16.6. The van der Waals surface area contributed by atoms with Crippen molar-refractivity contribution in [3.8, 4) is 0 Å². The minimum atomic E-state index is -0.405. The Morgan fingerprint density at radius 2 is 2.40 bits per heavy atom. The van der Waals surface area contributed by atoms with Crippen LogP contribution in [0.1, 0.15) is 13.3 Å². The third-order valence-corrected chi connectivity index (χ3v) is 2.27. The zero-order valence-electron chi connectivity index (χ0n) is 5.78. The fourth-order valence-corrected chi connectivity index (χ4v) is 1.54. The summed E-state index contributed by atoms with van der Waals surface area (Å²) in [6.45, 7) is 1.84. The molecule has 2 aliphatic rings. The van der Waals surface area contributed by atoms with Crippen molar-refractivity contribution in [3.63, 3.8) is 0 Å². The Morgan fingerprint density at radius 1 is 1.70 bits per heavy atom. The third kappa shape index (κ3) is 0.707. The van der Waals surface area contributed by atoms with Gasteiger partial charge in [-0.2, -0.15) is 0 Å². The van der Waals surface area contributed by atoms with Gasteiger partial charge in [0.2, 0.25) is 0 Å². The van der Waals surface area contributed by atoms with Crippen molar-refractivity contribution in [2.75, 3.05) is 0 Å². The van der Waals surface area contributed by atoms with Gasteiger partial charge in [0.05, 0.1) is 6.10 Å². The normalized spacial score (nSPS) is 52.4. The molecule has 0 radical (unpaired) electrons. The van der Waals surface area contributed by atoms with Gasteiger partial charge in [-0.05, 0) is 6.42 Å². The van der Waals surface area contributed by atoms with Crippen LogP contribution in [0.5, 0.6) is 0 Å². The number of Topliss-reactive ketones (excluding diaryl/α,β-unsaturated/α-hetero) is 1. The number of fused-ring (bicyclic) bond motifs is 1. The SMILES string of the molecule is CC1C[C@H](O)[C@H]2O[C@H]2C1=O. The van der Waals surface area contributed by atoms with Crippen LogP contribution < -0.4 is 0 Å². The van der Waals surface area contributed by atoms with Crippen LogP contribution in [-0.4, -0.2) is 29.2 Å². The van der Waals surface area contributed by atoms with Crippen LogP contribution in [0.3, 0.4) is 0 Å². The molecule has 0 aromatic carbocycles. The van der Waals surface area contributed by atoms with Crippen LogP contribution in [0.25, 0.3) is 0 Å². The maximum Gasteiger partial charge on any atom is 0.167 e. The summed E-state index contributed by atoms with van der Waals surface area (Å²) in [6, 6.07) is 0. The summed E-state index contributed by atoms with van der Waals surface area (Å²) in [4.78, 5) is 11.1. The molecule has 3 nitrogen and oxygen atoms in total. The minimum Gasteiger partial charge on any atom is -0.390 e. The number of ketones is 1. The standard InChI is InChI=1S/C7H10O3/c1-3-2-4(8)6-7(10-6)5(3)9/h3-4,6-8H,2H2,1H3/t3?,4-,6+,7-/m0/s1. The Bertz CT molecular complexity index is 174. The lowest BCUT2D eigenvalue weighted by molar-refractivity contribution is -0.125. The molecule has 0 aromatic heterocycles. The molecule has 0 aromatic rings. The van der Waals surface area contributed by atoms with E-state index in [2.05, 4.69) is 0 Å². The summed E-state index contributed by atoms with van der Waals surface area (Å²) >= 11 is 0. The molecule has 0 bridgehead atoms. The van der Waals surface area contributed by atoms with E-state index in [9.17, 15) is 9.90 Å². The first-order chi connectivity index (χ1) is 4.70. The van der Waals surface area contributed by atoms with Gasteiger partial charge in [0.25, 0.3) is 0 Å². The topological polar surface area (TPSA) is 49.8 Å². The van der Waals surface area contributed by atoms with Crippen LogP contribution in [0, 0.1) is 5.92 Å². The second-order valence-corrected chi connectivity index (χ2v) is 3.13.